The lowest BCUT2D eigenvalue weighted by Crippen LogP contribution is -2.21. The number of nitrogens with zero attached hydrogens (tertiary/aromatic N) is 1. The first-order chi connectivity index (χ1) is 6.45. The fourth-order valence-electron chi connectivity index (χ4n) is 1.09. The van der Waals surface area contributed by atoms with Crippen LogP contribution in [0.3, 0.4) is 0 Å². The Hall–Kier alpha value is -1.01. The third-order valence-electron chi connectivity index (χ3n) is 1.81. The van der Waals surface area contributed by atoms with Crippen LogP contribution in [0, 0.1) is 5.82 Å². The van der Waals surface area contributed by atoms with E-state index in [-0.39, 0.29) is 12.2 Å². The molecule has 0 saturated heterocycles. The van der Waals surface area contributed by atoms with Gasteiger partial charge in [-0.25, -0.2) is 12.8 Å². The topological polar surface area (TPSA) is 73.0 Å². The van der Waals surface area contributed by atoms with E-state index in [0.29, 0.717) is 0 Å². The third kappa shape index (κ3) is 2.49. The average molecular weight is 218 g/mol. The molecule has 1 heterocycles. The summed E-state index contributed by atoms with van der Waals surface area (Å²) in [4.78, 5) is 3.68. The second-order valence-corrected chi connectivity index (χ2v) is 5.18. The Morgan fingerprint density at radius 1 is 1.57 bits per heavy atom. The maximum absolute atomic E-state index is 12.5. The zero-order valence-electron chi connectivity index (χ0n) is 7.64. The molecule has 0 saturated carbocycles. The van der Waals surface area contributed by atoms with Crippen LogP contribution in [0.1, 0.15) is 10.9 Å². The number of hydrogen-bond donors (Lipinski definition) is 1. The van der Waals surface area contributed by atoms with E-state index in [9.17, 15) is 12.8 Å². The molecule has 14 heavy (non-hydrogen) atoms. The molecule has 0 fully saturated rings. The summed E-state index contributed by atoms with van der Waals surface area (Å²) in [5.41, 5.74) is 5.59. The van der Waals surface area contributed by atoms with Gasteiger partial charge in [-0.2, -0.15) is 0 Å². The Morgan fingerprint density at radius 3 is 2.57 bits per heavy atom. The van der Waals surface area contributed by atoms with Gasteiger partial charge in [0.2, 0.25) is 0 Å². The van der Waals surface area contributed by atoms with Crippen molar-refractivity contribution in [3.63, 3.8) is 0 Å². The maximum Gasteiger partial charge on any atom is 0.157 e. The number of sulfone groups is 1. The molecule has 0 amide bonds. The molecule has 0 aliphatic carbocycles. The monoisotopic (exact) mass is 218 g/mol. The molecule has 0 aliphatic heterocycles. The lowest BCUT2D eigenvalue weighted by atomic mass is 10.2. The zero-order valence-corrected chi connectivity index (χ0v) is 8.46. The highest BCUT2D eigenvalue weighted by atomic mass is 32.2. The molecule has 6 heteroatoms. The van der Waals surface area contributed by atoms with E-state index in [2.05, 4.69) is 4.98 Å². The van der Waals surface area contributed by atoms with Gasteiger partial charge in [0.05, 0.1) is 11.9 Å². The van der Waals surface area contributed by atoms with Gasteiger partial charge in [0, 0.05) is 12.8 Å². The molecule has 1 atom stereocenters. The molecule has 1 aromatic heterocycles. The van der Waals surface area contributed by atoms with Crippen molar-refractivity contribution in [2.24, 2.45) is 5.73 Å². The Bertz CT molecular complexity index is 402. The minimum absolute atomic E-state index is 0.0581. The summed E-state index contributed by atoms with van der Waals surface area (Å²) in [6, 6.07) is 2.49. The number of aromatic nitrogens is 1. The predicted octanol–water partition coefficient (Wildman–Crippen LogP) is 0.265. The van der Waals surface area contributed by atoms with Crippen LogP contribution in [-0.4, -0.2) is 26.2 Å². The van der Waals surface area contributed by atoms with E-state index >= 15 is 0 Å². The standard InChI is InChI=1S/C8H11FN2O2S/c1-14(12,13)8(4-10)7-3-2-6(9)5-11-7/h2-3,5,8H,4,10H2,1H3. The predicted molar refractivity (Wildman–Crippen MR) is 50.8 cm³/mol. The zero-order chi connectivity index (χ0) is 10.8. The largest absolute Gasteiger partial charge is 0.329 e. The van der Waals surface area contributed by atoms with Crippen LogP contribution in [0.5, 0.6) is 0 Å². The number of nitrogens with two attached hydrogens (primary N) is 1. The van der Waals surface area contributed by atoms with Crippen molar-refractivity contribution in [2.45, 2.75) is 5.25 Å². The molecule has 1 unspecified atom stereocenters. The van der Waals surface area contributed by atoms with Crippen LogP contribution in [0.2, 0.25) is 0 Å². The summed E-state index contributed by atoms with van der Waals surface area (Å²) in [6.07, 6.45) is 2.05. The van der Waals surface area contributed by atoms with Crippen LogP contribution >= 0.6 is 0 Å². The lowest BCUT2D eigenvalue weighted by molar-refractivity contribution is 0.584. The molecule has 0 radical (unpaired) electrons. The summed E-state index contributed by atoms with van der Waals surface area (Å²) in [5.74, 6) is -0.502. The number of rotatable bonds is 3. The summed E-state index contributed by atoms with van der Waals surface area (Å²) >= 11 is 0. The van der Waals surface area contributed by atoms with Crippen molar-refractivity contribution in [2.75, 3.05) is 12.8 Å². The number of halogens is 1. The molecule has 78 valence electrons. The molecule has 0 bridgehead atoms. The fourth-order valence-corrected chi connectivity index (χ4v) is 2.02. The van der Waals surface area contributed by atoms with Crippen molar-refractivity contribution in [3.8, 4) is 0 Å². The first-order valence-electron chi connectivity index (χ1n) is 3.95. The van der Waals surface area contributed by atoms with E-state index in [1.54, 1.807) is 0 Å². The van der Waals surface area contributed by atoms with Crippen LogP contribution in [0.25, 0.3) is 0 Å². The highest BCUT2D eigenvalue weighted by Crippen LogP contribution is 2.17. The fraction of sp³-hybridized carbons (Fsp3) is 0.375. The minimum atomic E-state index is -3.29. The van der Waals surface area contributed by atoms with E-state index in [0.717, 1.165) is 18.5 Å². The van der Waals surface area contributed by atoms with E-state index in [1.807, 2.05) is 0 Å². The summed E-state index contributed by atoms with van der Waals surface area (Å²) in [6.45, 7) is -0.0581. The van der Waals surface area contributed by atoms with Crippen molar-refractivity contribution in [3.05, 3.63) is 29.8 Å². The maximum atomic E-state index is 12.5. The highest BCUT2D eigenvalue weighted by molar-refractivity contribution is 7.90. The van der Waals surface area contributed by atoms with E-state index < -0.39 is 20.9 Å². The Morgan fingerprint density at radius 2 is 2.21 bits per heavy atom. The van der Waals surface area contributed by atoms with Crippen molar-refractivity contribution >= 4 is 9.84 Å². The quantitative estimate of drug-likeness (QED) is 0.790. The Kier molecular flexibility index (Phi) is 3.17. The van der Waals surface area contributed by atoms with Gasteiger partial charge in [0.1, 0.15) is 11.1 Å². The van der Waals surface area contributed by atoms with Gasteiger partial charge >= 0.3 is 0 Å². The molecule has 4 nitrogen and oxygen atoms in total. The number of hydrogen-bond acceptors (Lipinski definition) is 4. The van der Waals surface area contributed by atoms with Gasteiger partial charge in [-0.05, 0) is 12.1 Å². The van der Waals surface area contributed by atoms with Crippen LogP contribution in [0.15, 0.2) is 18.3 Å². The summed E-state index contributed by atoms with van der Waals surface area (Å²) in [7, 11) is -3.29. The Labute approximate surface area is 81.9 Å². The first kappa shape index (κ1) is 11.1. The van der Waals surface area contributed by atoms with Gasteiger partial charge in [-0.15, -0.1) is 0 Å². The van der Waals surface area contributed by atoms with E-state index in [1.165, 1.54) is 6.07 Å². The van der Waals surface area contributed by atoms with Crippen LogP contribution in [-0.2, 0) is 9.84 Å². The third-order valence-corrected chi connectivity index (χ3v) is 3.28. The number of pyridine rings is 1. The Balaban J connectivity index is 3.08. The molecule has 0 spiro atoms. The summed E-state index contributed by atoms with van der Waals surface area (Å²) in [5, 5.41) is -0.858. The SMILES string of the molecule is CS(=O)(=O)C(CN)c1ccc(F)cn1. The average Bonchev–Trinajstić information content (AvgIpc) is 2.07. The molecule has 0 aromatic carbocycles. The molecule has 0 aliphatic rings. The molecule has 1 rings (SSSR count). The van der Waals surface area contributed by atoms with Crippen LogP contribution < -0.4 is 5.73 Å². The molecule has 2 N–H and O–H groups in total. The summed E-state index contributed by atoms with van der Waals surface area (Å²) < 4.78 is 35.0. The van der Waals surface area contributed by atoms with Gasteiger partial charge in [-0.1, -0.05) is 0 Å². The van der Waals surface area contributed by atoms with Crippen LogP contribution in [0.4, 0.5) is 4.39 Å². The normalized spacial score (nSPS) is 13.9. The van der Waals surface area contributed by atoms with Crippen molar-refractivity contribution in [1.82, 2.24) is 4.98 Å². The van der Waals surface area contributed by atoms with Gasteiger partial charge in [-0.3, -0.25) is 4.98 Å². The van der Waals surface area contributed by atoms with Gasteiger partial charge in [0.25, 0.3) is 0 Å². The molecule has 1 aromatic rings. The first-order valence-corrected chi connectivity index (χ1v) is 5.91. The second-order valence-electron chi connectivity index (χ2n) is 2.96. The second kappa shape index (κ2) is 4.02. The lowest BCUT2D eigenvalue weighted by Gasteiger charge is -2.11. The smallest absolute Gasteiger partial charge is 0.157 e. The van der Waals surface area contributed by atoms with Crippen molar-refractivity contribution in [1.29, 1.82) is 0 Å². The molecular formula is C8H11FN2O2S. The van der Waals surface area contributed by atoms with Crippen molar-refractivity contribution < 1.29 is 12.8 Å². The highest BCUT2D eigenvalue weighted by Gasteiger charge is 2.22. The molecular weight excluding hydrogens is 207 g/mol. The van der Waals surface area contributed by atoms with Gasteiger partial charge in [0.15, 0.2) is 9.84 Å². The minimum Gasteiger partial charge on any atom is -0.329 e. The van der Waals surface area contributed by atoms with E-state index in [4.69, 9.17) is 5.73 Å². The van der Waals surface area contributed by atoms with Gasteiger partial charge < -0.3 is 5.73 Å².